The van der Waals surface area contributed by atoms with Crippen LogP contribution in [0.1, 0.15) is 19.4 Å². The Morgan fingerprint density at radius 3 is 2.25 bits per heavy atom. The summed E-state index contributed by atoms with van der Waals surface area (Å²) in [4.78, 5) is 27.8. The number of likely N-dealkylation sites (N-methyl/N-ethyl adjacent to an activating group) is 1. The fraction of sp³-hybridized carbons (Fsp3) is 0.231. The average molecular weight is 548 g/mol. The van der Waals surface area contributed by atoms with Crippen molar-refractivity contribution in [3.8, 4) is 0 Å². The summed E-state index contributed by atoms with van der Waals surface area (Å²) >= 11 is 12.5. The third-order valence-electron chi connectivity index (χ3n) is 5.49. The first-order chi connectivity index (χ1) is 17.1. The molecule has 0 aromatic heterocycles. The van der Waals surface area contributed by atoms with Gasteiger partial charge in [-0.05, 0) is 55.8 Å². The molecule has 2 amide bonds. The molecule has 0 spiro atoms. The second-order valence-corrected chi connectivity index (χ2v) is 10.7. The van der Waals surface area contributed by atoms with E-state index in [2.05, 4.69) is 5.32 Å². The van der Waals surface area contributed by atoms with E-state index in [-0.39, 0.29) is 28.1 Å². The van der Waals surface area contributed by atoms with Crippen LogP contribution in [0.2, 0.25) is 10.0 Å². The Hall–Kier alpha value is -3.07. The minimum atomic E-state index is -4.16. The molecular weight excluding hydrogens is 521 g/mol. The number of sulfonamides is 1. The van der Waals surface area contributed by atoms with E-state index in [0.29, 0.717) is 17.1 Å². The lowest BCUT2D eigenvalue weighted by molar-refractivity contribution is -0.139. The Labute approximate surface area is 221 Å². The highest BCUT2D eigenvalue weighted by atomic mass is 35.5. The molecule has 0 bridgehead atoms. The normalized spacial score (nSPS) is 12.0. The van der Waals surface area contributed by atoms with Crippen molar-refractivity contribution in [1.29, 1.82) is 0 Å². The predicted octanol–water partition coefficient (Wildman–Crippen LogP) is 4.74. The number of hydrogen-bond donors (Lipinski definition) is 1. The van der Waals surface area contributed by atoms with Crippen LogP contribution < -0.4 is 9.62 Å². The third-order valence-corrected chi connectivity index (χ3v) is 7.82. The van der Waals surface area contributed by atoms with Gasteiger partial charge in [0.15, 0.2) is 0 Å². The van der Waals surface area contributed by atoms with E-state index in [0.717, 1.165) is 4.31 Å². The van der Waals surface area contributed by atoms with Crippen LogP contribution in [0.15, 0.2) is 83.8 Å². The first-order valence-electron chi connectivity index (χ1n) is 11.3. The lowest BCUT2D eigenvalue weighted by Gasteiger charge is -2.32. The SMILES string of the molecule is CCNC(=O)[C@@H](C)N(Cc1cccc(Cl)c1)C(=O)CN(c1ccccc1Cl)S(=O)(=O)c1ccccc1. The quantitative estimate of drug-likeness (QED) is 0.397. The number of amides is 2. The van der Waals surface area contributed by atoms with Crippen LogP contribution in [-0.4, -0.2) is 44.3 Å². The molecule has 0 fully saturated rings. The summed E-state index contributed by atoms with van der Waals surface area (Å²) in [5, 5.41) is 3.37. The molecule has 190 valence electrons. The van der Waals surface area contributed by atoms with Gasteiger partial charge in [-0.1, -0.05) is 65.7 Å². The van der Waals surface area contributed by atoms with Gasteiger partial charge in [0, 0.05) is 18.1 Å². The molecule has 0 aliphatic heterocycles. The summed E-state index contributed by atoms with van der Waals surface area (Å²) in [5.41, 5.74) is 0.854. The molecule has 36 heavy (non-hydrogen) atoms. The van der Waals surface area contributed by atoms with E-state index in [1.54, 1.807) is 74.5 Å². The number of anilines is 1. The van der Waals surface area contributed by atoms with Crippen molar-refractivity contribution in [3.63, 3.8) is 0 Å². The lowest BCUT2D eigenvalue weighted by atomic mass is 10.1. The Balaban J connectivity index is 2.03. The number of rotatable bonds is 10. The molecule has 0 aliphatic carbocycles. The van der Waals surface area contributed by atoms with Crippen molar-refractivity contribution < 1.29 is 18.0 Å². The van der Waals surface area contributed by atoms with Crippen LogP contribution in [-0.2, 0) is 26.2 Å². The van der Waals surface area contributed by atoms with E-state index in [1.807, 2.05) is 0 Å². The zero-order chi connectivity index (χ0) is 26.3. The number of carbonyl (C=O) groups is 2. The highest BCUT2D eigenvalue weighted by molar-refractivity contribution is 7.92. The van der Waals surface area contributed by atoms with Gasteiger partial charge in [-0.15, -0.1) is 0 Å². The molecule has 0 radical (unpaired) electrons. The molecule has 7 nitrogen and oxygen atoms in total. The van der Waals surface area contributed by atoms with E-state index < -0.39 is 28.5 Å². The minimum absolute atomic E-state index is 0.0101. The molecule has 0 saturated heterocycles. The number of nitrogens with one attached hydrogen (secondary N) is 1. The van der Waals surface area contributed by atoms with Crippen molar-refractivity contribution >= 4 is 50.7 Å². The van der Waals surface area contributed by atoms with Crippen molar-refractivity contribution in [2.45, 2.75) is 31.3 Å². The molecule has 0 unspecified atom stereocenters. The predicted molar refractivity (Wildman–Crippen MR) is 143 cm³/mol. The maximum atomic E-state index is 13.7. The van der Waals surface area contributed by atoms with Gasteiger partial charge >= 0.3 is 0 Å². The number of hydrogen-bond acceptors (Lipinski definition) is 4. The zero-order valence-corrected chi connectivity index (χ0v) is 22.2. The Morgan fingerprint density at radius 1 is 0.944 bits per heavy atom. The minimum Gasteiger partial charge on any atom is -0.355 e. The summed E-state index contributed by atoms with van der Waals surface area (Å²) in [6.07, 6.45) is 0. The summed E-state index contributed by atoms with van der Waals surface area (Å²) in [6, 6.07) is 20.2. The number of carbonyl (C=O) groups excluding carboxylic acids is 2. The lowest BCUT2D eigenvalue weighted by Crippen LogP contribution is -2.51. The highest BCUT2D eigenvalue weighted by Crippen LogP contribution is 2.30. The molecule has 1 N–H and O–H groups in total. The molecule has 0 aliphatic rings. The van der Waals surface area contributed by atoms with Crippen LogP contribution in [0.3, 0.4) is 0 Å². The third kappa shape index (κ3) is 6.57. The van der Waals surface area contributed by atoms with Crippen molar-refractivity contribution in [2.24, 2.45) is 0 Å². The number of halogens is 2. The van der Waals surface area contributed by atoms with Crippen LogP contribution in [0, 0.1) is 0 Å². The van der Waals surface area contributed by atoms with E-state index in [9.17, 15) is 18.0 Å². The van der Waals surface area contributed by atoms with E-state index >= 15 is 0 Å². The van der Waals surface area contributed by atoms with Crippen LogP contribution >= 0.6 is 23.2 Å². The molecule has 0 heterocycles. The zero-order valence-electron chi connectivity index (χ0n) is 19.9. The Bertz CT molecular complexity index is 1320. The monoisotopic (exact) mass is 547 g/mol. The van der Waals surface area contributed by atoms with Crippen molar-refractivity contribution in [1.82, 2.24) is 10.2 Å². The smallest absolute Gasteiger partial charge is 0.264 e. The van der Waals surface area contributed by atoms with Gasteiger partial charge in [0.25, 0.3) is 10.0 Å². The molecule has 3 rings (SSSR count). The van der Waals surface area contributed by atoms with Gasteiger partial charge < -0.3 is 10.2 Å². The second kappa shape index (κ2) is 12.3. The first kappa shape index (κ1) is 27.5. The van der Waals surface area contributed by atoms with Gasteiger partial charge in [0.1, 0.15) is 12.6 Å². The Kier molecular flexibility index (Phi) is 9.37. The van der Waals surface area contributed by atoms with E-state index in [1.165, 1.54) is 23.1 Å². The molecule has 0 saturated carbocycles. The number of benzene rings is 3. The fourth-order valence-electron chi connectivity index (χ4n) is 3.62. The second-order valence-electron chi connectivity index (χ2n) is 8.00. The van der Waals surface area contributed by atoms with Gasteiger partial charge in [-0.2, -0.15) is 0 Å². The largest absolute Gasteiger partial charge is 0.355 e. The maximum Gasteiger partial charge on any atom is 0.264 e. The first-order valence-corrected chi connectivity index (χ1v) is 13.5. The highest BCUT2D eigenvalue weighted by Gasteiger charge is 2.33. The summed E-state index contributed by atoms with van der Waals surface area (Å²) in [5.74, 6) is -0.934. The van der Waals surface area contributed by atoms with Gasteiger partial charge in [0.05, 0.1) is 15.6 Å². The van der Waals surface area contributed by atoms with Gasteiger partial charge in [0.2, 0.25) is 11.8 Å². The average Bonchev–Trinajstić information content (AvgIpc) is 2.86. The topological polar surface area (TPSA) is 86.8 Å². The molecule has 1 atom stereocenters. The number of para-hydroxylation sites is 1. The summed E-state index contributed by atoms with van der Waals surface area (Å²) in [7, 11) is -4.16. The van der Waals surface area contributed by atoms with E-state index in [4.69, 9.17) is 23.2 Å². The van der Waals surface area contributed by atoms with Crippen LogP contribution in [0.25, 0.3) is 0 Å². The van der Waals surface area contributed by atoms with Crippen molar-refractivity contribution in [3.05, 3.63) is 94.5 Å². The van der Waals surface area contributed by atoms with Gasteiger partial charge in [-0.25, -0.2) is 8.42 Å². The van der Waals surface area contributed by atoms with Crippen molar-refractivity contribution in [2.75, 3.05) is 17.4 Å². The van der Waals surface area contributed by atoms with Crippen LogP contribution in [0.5, 0.6) is 0 Å². The van der Waals surface area contributed by atoms with Crippen LogP contribution in [0.4, 0.5) is 5.69 Å². The fourth-order valence-corrected chi connectivity index (χ4v) is 5.58. The molecule has 3 aromatic rings. The standard InChI is InChI=1S/C26H27Cl2N3O4S/c1-3-29-26(33)19(2)30(17-20-10-9-11-21(27)16-20)25(32)18-31(24-15-8-7-14-23(24)28)36(34,35)22-12-5-4-6-13-22/h4-16,19H,3,17-18H2,1-2H3,(H,29,33)/t19-/m1/s1. The summed E-state index contributed by atoms with van der Waals surface area (Å²) in [6.45, 7) is 3.25. The summed E-state index contributed by atoms with van der Waals surface area (Å²) < 4.78 is 28.3. The Morgan fingerprint density at radius 2 is 1.61 bits per heavy atom. The van der Waals surface area contributed by atoms with Gasteiger partial charge in [-0.3, -0.25) is 13.9 Å². The molecular formula is C26H27Cl2N3O4S. The number of nitrogens with zero attached hydrogens (tertiary/aromatic N) is 2. The molecule has 3 aromatic carbocycles. The maximum absolute atomic E-state index is 13.7. The molecule has 10 heteroatoms.